The Bertz CT molecular complexity index is 1490. The molecule has 0 aliphatic carbocycles. The van der Waals surface area contributed by atoms with Crippen LogP contribution in [0.4, 0.5) is 0 Å². The first-order valence-electron chi connectivity index (χ1n) is 11.5. The minimum absolute atomic E-state index is 0.160. The van der Waals surface area contributed by atoms with E-state index in [1.165, 1.54) is 0 Å². The third-order valence-corrected chi connectivity index (χ3v) is 6.54. The van der Waals surface area contributed by atoms with Crippen LogP contribution in [0, 0.1) is 3.57 Å². The average molecular weight is 622 g/mol. The van der Waals surface area contributed by atoms with Crippen molar-refractivity contribution in [1.29, 1.82) is 0 Å². The van der Waals surface area contributed by atoms with Crippen LogP contribution in [0.1, 0.15) is 22.3 Å². The molecule has 0 spiro atoms. The molecule has 0 saturated carbocycles. The molecule has 0 radical (unpaired) electrons. The topological polar surface area (TPSA) is 57.1 Å². The lowest BCUT2D eigenvalue weighted by atomic mass is 10.1. The number of aliphatic imine (C=N–C) groups is 1. The summed E-state index contributed by atoms with van der Waals surface area (Å²) in [7, 11) is 0. The van der Waals surface area contributed by atoms with E-state index in [1.807, 2.05) is 91.0 Å². The summed E-state index contributed by atoms with van der Waals surface area (Å²) < 4.78 is 18.5. The van der Waals surface area contributed by atoms with Gasteiger partial charge in [-0.1, -0.05) is 72.3 Å². The minimum atomic E-state index is -0.552. The fourth-order valence-electron chi connectivity index (χ4n) is 3.66. The number of rotatable bonds is 8. The lowest BCUT2D eigenvalue weighted by Crippen LogP contribution is -2.06. The quantitative estimate of drug-likeness (QED) is 0.117. The molecule has 7 heteroatoms. The molecule has 0 unspecified atom stereocenters. The molecule has 0 aromatic heterocycles. The largest absolute Gasteiger partial charge is 0.489 e. The third-order valence-electron chi connectivity index (χ3n) is 5.54. The van der Waals surface area contributed by atoms with Gasteiger partial charge >= 0.3 is 5.97 Å². The Morgan fingerprint density at radius 3 is 2.22 bits per heavy atom. The number of ether oxygens (including phenoxy) is 3. The zero-order valence-corrected chi connectivity index (χ0v) is 22.5. The molecular weight excluding hydrogens is 601 g/mol. The summed E-state index contributed by atoms with van der Waals surface area (Å²) in [6.45, 7) is 0.784. The van der Waals surface area contributed by atoms with Gasteiger partial charge in [-0.15, -0.1) is 0 Å². The van der Waals surface area contributed by atoms with E-state index in [0.717, 1.165) is 14.7 Å². The van der Waals surface area contributed by atoms with Crippen LogP contribution in [0.15, 0.2) is 108 Å². The molecule has 5 rings (SSSR count). The number of halogens is 2. The number of nitrogens with zero attached hydrogens (tertiary/aromatic N) is 1. The average Bonchev–Trinajstić information content (AvgIpc) is 3.29. The number of cyclic esters (lactones) is 1. The number of carbonyl (C=O) groups is 1. The van der Waals surface area contributed by atoms with E-state index in [9.17, 15) is 4.79 Å². The van der Waals surface area contributed by atoms with Gasteiger partial charge in [0.05, 0.1) is 10.6 Å². The fourth-order valence-corrected chi connectivity index (χ4v) is 4.35. The van der Waals surface area contributed by atoms with Crippen molar-refractivity contribution in [2.45, 2.75) is 13.2 Å². The van der Waals surface area contributed by atoms with Gasteiger partial charge in [-0.3, -0.25) is 0 Å². The van der Waals surface area contributed by atoms with Crippen LogP contribution in [0.25, 0.3) is 6.08 Å². The zero-order chi connectivity index (χ0) is 25.6. The molecule has 5 nitrogen and oxygen atoms in total. The Morgan fingerprint density at radius 2 is 1.51 bits per heavy atom. The SMILES string of the molecule is O=C1OC(c2cc(I)ccc2Cl)=NC1=Cc1ccc(OCc2ccccc2)cc1OCc1ccccc1. The molecule has 0 bridgehead atoms. The van der Waals surface area contributed by atoms with E-state index in [1.54, 1.807) is 12.1 Å². The van der Waals surface area contributed by atoms with Gasteiger partial charge in [-0.05, 0) is 70.1 Å². The predicted molar refractivity (Wildman–Crippen MR) is 153 cm³/mol. The summed E-state index contributed by atoms with van der Waals surface area (Å²) in [5.74, 6) is 0.834. The van der Waals surface area contributed by atoms with Crippen molar-refractivity contribution in [3.8, 4) is 11.5 Å². The van der Waals surface area contributed by atoms with Crippen molar-refractivity contribution in [2.24, 2.45) is 4.99 Å². The summed E-state index contributed by atoms with van der Waals surface area (Å²) >= 11 is 8.49. The Morgan fingerprint density at radius 1 is 0.838 bits per heavy atom. The van der Waals surface area contributed by atoms with Gasteiger partial charge in [0.2, 0.25) is 5.90 Å². The van der Waals surface area contributed by atoms with Gasteiger partial charge in [0.15, 0.2) is 5.70 Å². The van der Waals surface area contributed by atoms with Gasteiger partial charge in [0, 0.05) is 15.2 Å². The van der Waals surface area contributed by atoms with Crippen LogP contribution >= 0.6 is 34.2 Å². The van der Waals surface area contributed by atoms with Gasteiger partial charge in [-0.25, -0.2) is 9.79 Å². The molecule has 1 aliphatic heterocycles. The Labute approximate surface area is 233 Å². The predicted octanol–water partition coefficient (Wildman–Crippen LogP) is 7.45. The van der Waals surface area contributed by atoms with Crippen LogP contribution in [0.3, 0.4) is 0 Å². The Kier molecular flexibility index (Phi) is 7.87. The fraction of sp³-hybridized carbons (Fsp3) is 0.0667. The van der Waals surface area contributed by atoms with E-state index in [4.69, 9.17) is 25.8 Å². The maximum atomic E-state index is 12.7. The van der Waals surface area contributed by atoms with Gasteiger partial charge in [0.25, 0.3) is 0 Å². The standard InChI is InChI=1S/C30H21ClINO4/c31-26-14-12-23(32)16-25(26)29-33-27(30(34)37-29)15-22-11-13-24(35-18-20-7-3-1-4-8-20)17-28(22)36-19-21-9-5-2-6-10-21/h1-17H,18-19H2. The zero-order valence-electron chi connectivity index (χ0n) is 19.6. The summed E-state index contributed by atoms with van der Waals surface area (Å²) in [6, 6.07) is 30.7. The molecule has 0 saturated heterocycles. The minimum Gasteiger partial charge on any atom is -0.489 e. The monoisotopic (exact) mass is 621 g/mol. The molecule has 0 amide bonds. The smallest absolute Gasteiger partial charge is 0.363 e. The number of hydrogen-bond acceptors (Lipinski definition) is 5. The molecule has 0 atom stereocenters. The summed E-state index contributed by atoms with van der Waals surface area (Å²) in [5.41, 5.74) is 3.48. The summed E-state index contributed by atoms with van der Waals surface area (Å²) in [6.07, 6.45) is 1.65. The van der Waals surface area contributed by atoms with Gasteiger partial charge in [-0.2, -0.15) is 0 Å². The van der Waals surface area contributed by atoms with Crippen LogP contribution < -0.4 is 9.47 Å². The maximum Gasteiger partial charge on any atom is 0.363 e. The van der Waals surface area contributed by atoms with E-state index in [2.05, 4.69) is 27.6 Å². The first-order valence-corrected chi connectivity index (χ1v) is 13.0. The second-order valence-electron chi connectivity index (χ2n) is 8.21. The molecule has 0 fully saturated rings. The highest BCUT2D eigenvalue weighted by Gasteiger charge is 2.26. The van der Waals surface area contributed by atoms with Crippen LogP contribution in [-0.2, 0) is 22.7 Å². The highest BCUT2D eigenvalue weighted by molar-refractivity contribution is 14.1. The highest BCUT2D eigenvalue weighted by Crippen LogP contribution is 2.31. The third kappa shape index (κ3) is 6.39. The molecule has 1 heterocycles. The number of benzene rings is 4. The molecular formula is C30H21ClINO4. The van der Waals surface area contributed by atoms with Crippen LogP contribution in [0.5, 0.6) is 11.5 Å². The molecule has 184 valence electrons. The first kappa shape index (κ1) is 25.0. The normalized spacial score (nSPS) is 13.8. The maximum absolute atomic E-state index is 12.7. The molecule has 0 N–H and O–H groups in total. The van der Waals surface area contributed by atoms with E-state index >= 15 is 0 Å². The second-order valence-corrected chi connectivity index (χ2v) is 9.86. The molecule has 4 aromatic carbocycles. The molecule has 4 aromatic rings. The highest BCUT2D eigenvalue weighted by atomic mass is 127. The van der Waals surface area contributed by atoms with Crippen molar-refractivity contribution >= 4 is 52.1 Å². The van der Waals surface area contributed by atoms with Crippen molar-refractivity contribution in [3.05, 3.63) is 134 Å². The molecule has 37 heavy (non-hydrogen) atoms. The van der Waals surface area contributed by atoms with Crippen molar-refractivity contribution in [3.63, 3.8) is 0 Å². The van der Waals surface area contributed by atoms with Crippen molar-refractivity contribution < 1.29 is 19.0 Å². The van der Waals surface area contributed by atoms with Gasteiger partial charge < -0.3 is 14.2 Å². The van der Waals surface area contributed by atoms with Crippen molar-refractivity contribution in [1.82, 2.24) is 0 Å². The second kappa shape index (κ2) is 11.6. The number of esters is 1. The van der Waals surface area contributed by atoms with E-state index in [-0.39, 0.29) is 11.6 Å². The number of hydrogen-bond donors (Lipinski definition) is 0. The summed E-state index contributed by atoms with van der Waals surface area (Å²) in [5, 5.41) is 0.458. The summed E-state index contributed by atoms with van der Waals surface area (Å²) in [4.78, 5) is 17.1. The lowest BCUT2D eigenvalue weighted by molar-refractivity contribution is -0.129. The lowest BCUT2D eigenvalue weighted by Gasteiger charge is -2.13. The Balaban J connectivity index is 1.44. The Hall–Kier alpha value is -3.62. The van der Waals surface area contributed by atoms with Crippen LogP contribution in [-0.4, -0.2) is 11.9 Å². The van der Waals surface area contributed by atoms with Gasteiger partial charge in [0.1, 0.15) is 24.7 Å². The van der Waals surface area contributed by atoms with E-state index in [0.29, 0.717) is 40.9 Å². The first-order chi connectivity index (χ1) is 18.0. The number of carbonyl (C=O) groups excluding carboxylic acids is 1. The molecule has 1 aliphatic rings. The van der Waals surface area contributed by atoms with E-state index < -0.39 is 5.97 Å². The van der Waals surface area contributed by atoms with Crippen molar-refractivity contribution in [2.75, 3.05) is 0 Å². The van der Waals surface area contributed by atoms with Crippen LogP contribution in [0.2, 0.25) is 5.02 Å².